The summed E-state index contributed by atoms with van der Waals surface area (Å²) in [6.45, 7) is 7.40. The first-order chi connectivity index (χ1) is 10.1. The van der Waals surface area contributed by atoms with E-state index >= 15 is 0 Å². The van der Waals surface area contributed by atoms with Crippen molar-refractivity contribution < 1.29 is 9.53 Å². The smallest absolute Gasteiger partial charge is 0.255 e. The molecular weight excluding hydrogens is 266 g/mol. The third-order valence-electron chi connectivity index (χ3n) is 3.90. The molecule has 3 N–H and O–H groups in total. The molecule has 1 aromatic carbocycles. The fourth-order valence-corrected chi connectivity index (χ4v) is 2.69. The first-order valence-electron chi connectivity index (χ1n) is 7.67. The van der Waals surface area contributed by atoms with Crippen LogP contribution in [0.1, 0.15) is 37.0 Å². The Morgan fingerprint density at radius 3 is 2.81 bits per heavy atom. The maximum absolute atomic E-state index is 12.3. The highest BCUT2D eigenvalue weighted by atomic mass is 16.5. The second-order valence-electron chi connectivity index (χ2n) is 5.46. The quantitative estimate of drug-likeness (QED) is 0.785. The molecule has 2 rings (SSSR count). The van der Waals surface area contributed by atoms with E-state index in [1.165, 1.54) is 12.8 Å². The number of benzene rings is 1. The van der Waals surface area contributed by atoms with Crippen molar-refractivity contribution in [3.63, 3.8) is 0 Å². The van der Waals surface area contributed by atoms with Crippen molar-refractivity contribution in [1.82, 2.24) is 10.2 Å². The van der Waals surface area contributed by atoms with Gasteiger partial charge in [0.2, 0.25) is 0 Å². The average Bonchev–Trinajstić information content (AvgIpc) is 3.01. The zero-order valence-electron chi connectivity index (χ0n) is 12.9. The molecule has 1 amide bonds. The zero-order chi connectivity index (χ0) is 15.2. The molecule has 0 aliphatic carbocycles. The van der Waals surface area contributed by atoms with Crippen LogP contribution < -0.4 is 15.8 Å². The zero-order valence-corrected chi connectivity index (χ0v) is 12.9. The number of amides is 1. The standard InChI is InChI=1S/C16H25N3O2/c1-3-21-15-13(7-6-8-14(15)17)16(20)18-11-12(2)19-9-4-5-10-19/h6-8,12H,3-5,9-11,17H2,1-2H3,(H,18,20). The highest BCUT2D eigenvalue weighted by Gasteiger charge is 2.20. The molecule has 5 nitrogen and oxygen atoms in total. The number of carbonyl (C=O) groups excluding carboxylic acids is 1. The van der Waals surface area contributed by atoms with Crippen LogP contribution in [0.2, 0.25) is 0 Å². The Kier molecular flexibility index (Phi) is 5.44. The van der Waals surface area contributed by atoms with Gasteiger partial charge >= 0.3 is 0 Å². The number of likely N-dealkylation sites (tertiary alicyclic amines) is 1. The van der Waals surface area contributed by atoms with Gasteiger partial charge in [0.25, 0.3) is 5.91 Å². The number of hydrogen-bond donors (Lipinski definition) is 2. The van der Waals surface area contributed by atoms with Crippen LogP contribution in [0.3, 0.4) is 0 Å². The molecule has 1 heterocycles. The van der Waals surface area contributed by atoms with E-state index in [9.17, 15) is 4.79 Å². The van der Waals surface area contributed by atoms with Crippen LogP contribution in [0.4, 0.5) is 5.69 Å². The Labute approximate surface area is 126 Å². The van der Waals surface area contributed by atoms with Crippen molar-refractivity contribution in [3.8, 4) is 5.75 Å². The van der Waals surface area contributed by atoms with Gasteiger partial charge in [-0.05, 0) is 51.9 Å². The van der Waals surface area contributed by atoms with Gasteiger partial charge in [-0.2, -0.15) is 0 Å². The molecule has 0 saturated carbocycles. The number of nitrogens with zero attached hydrogens (tertiary/aromatic N) is 1. The van der Waals surface area contributed by atoms with Gasteiger partial charge in [-0.25, -0.2) is 0 Å². The molecule has 0 aromatic heterocycles. The van der Waals surface area contributed by atoms with E-state index in [0.29, 0.717) is 36.2 Å². The third kappa shape index (κ3) is 3.88. The number of nitrogens with one attached hydrogen (secondary N) is 1. The Bertz CT molecular complexity index is 484. The van der Waals surface area contributed by atoms with Crippen molar-refractivity contribution in [2.24, 2.45) is 0 Å². The lowest BCUT2D eigenvalue weighted by atomic mass is 10.1. The van der Waals surface area contributed by atoms with E-state index in [4.69, 9.17) is 10.5 Å². The predicted octanol–water partition coefficient (Wildman–Crippen LogP) is 1.88. The molecular formula is C16H25N3O2. The number of carbonyl (C=O) groups is 1. The molecule has 1 fully saturated rings. The van der Waals surface area contributed by atoms with Crippen LogP contribution in [0, 0.1) is 0 Å². The number of nitrogens with two attached hydrogens (primary N) is 1. The molecule has 1 unspecified atom stereocenters. The normalized spacial score (nSPS) is 16.7. The SMILES string of the molecule is CCOc1c(N)cccc1C(=O)NCC(C)N1CCCC1. The highest BCUT2D eigenvalue weighted by Crippen LogP contribution is 2.26. The van der Waals surface area contributed by atoms with Crippen molar-refractivity contribution >= 4 is 11.6 Å². The first-order valence-corrected chi connectivity index (χ1v) is 7.67. The summed E-state index contributed by atoms with van der Waals surface area (Å²) in [5.74, 6) is 0.350. The molecule has 0 bridgehead atoms. The lowest BCUT2D eigenvalue weighted by Crippen LogP contribution is -2.40. The summed E-state index contributed by atoms with van der Waals surface area (Å²) in [4.78, 5) is 14.8. The number of para-hydroxylation sites is 1. The second kappa shape index (κ2) is 7.31. The van der Waals surface area contributed by atoms with E-state index in [1.54, 1.807) is 18.2 Å². The molecule has 1 aliphatic rings. The van der Waals surface area contributed by atoms with Gasteiger partial charge in [-0.15, -0.1) is 0 Å². The Morgan fingerprint density at radius 2 is 2.14 bits per heavy atom. The number of anilines is 1. The largest absolute Gasteiger partial charge is 0.491 e. The third-order valence-corrected chi connectivity index (χ3v) is 3.90. The molecule has 116 valence electrons. The van der Waals surface area contributed by atoms with Gasteiger partial charge in [0, 0.05) is 12.6 Å². The number of hydrogen-bond acceptors (Lipinski definition) is 4. The van der Waals surface area contributed by atoms with E-state index < -0.39 is 0 Å². The first kappa shape index (κ1) is 15.6. The van der Waals surface area contributed by atoms with Crippen LogP contribution in [-0.2, 0) is 0 Å². The minimum Gasteiger partial charge on any atom is -0.491 e. The highest BCUT2D eigenvalue weighted by molar-refractivity contribution is 5.98. The van der Waals surface area contributed by atoms with Crippen LogP contribution in [0.15, 0.2) is 18.2 Å². The molecule has 0 radical (unpaired) electrons. The van der Waals surface area contributed by atoms with Gasteiger partial charge in [-0.1, -0.05) is 6.07 Å². The summed E-state index contributed by atoms with van der Waals surface area (Å²) >= 11 is 0. The van der Waals surface area contributed by atoms with E-state index in [-0.39, 0.29) is 5.91 Å². The Balaban J connectivity index is 1.98. The second-order valence-corrected chi connectivity index (χ2v) is 5.46. The van der Waals surface area contributed by atoms with Crippen LogP contribution >= 0.6 is 0 Å². The number of nitrogen functional groups attached to an aromatic ring is 1. The van der Waals surface area contributed by atoms with Crippen LogP contribution in [-0.4, -0.2) is 43.1 Å². The van der Waals surface area contributed by atoms with Gasteiger partial charge < -0.3 is 15.8 Å². The van der Waals surface area contributed by atoms with Crippen LogP contribution in [0.25, 0.3) is 0 Å². The van der Waals surface area contributed by atoms with Crippen LogP contribution in [0.5, 0.6) is 5.75 Å². The van der Waals surface area contributed by atoms with Gasteiger partial charge in [0.1, 0.15) is 0 Å². The molecule has 21 heavy (non-hydrogen) atoms. The predicted molar refractivity (Wildman–Crippen MR) is 84.6 cm³/mol. The lowest BCUT2D eigenvalue weighted by Gasteiger charge is -2.24. The fraction of sp³-hybridized carbons (Fsp3) is 0.562. The van der Waals surface area contributed by atoms with Crippen molar-refractivity contribution in [3.05, 3.63) is 23.8 Å². The van der Waals surface area contributed by atoms with Crippen molar-refractivity contribution in [2.45, 2.75) is 32.7 Å². The number of ether oxygens (including phenoxy) is 1. The summed E-state index contributed by atoms with van der Waals surface area (Å²) in [5, 5.41) is 2.99. The molecule has 1 aromatic rings. The molecule has 1 atom stereocenters. The Hall–Kier alpha value is -1.75. The molecule has 1 aliphatic heterocycles. The monoisotopic (exact) mass is 291 g/mol. The van der Waals surface area contributed by atoms with E-state index in [1.807, 2.05) is 6.92 Å². The summed E-state index contributed by atoms with van der Waals surface area (Å²) in [6, 6.07) is 5.62. The van der Waals surface area contributed by atoms with Gasteiger partial charge in [0.15, 0.2) is 5.75 Å². The maximum atomic E-state index is 12.3. The Morgan fingerprint density at radius 1 is 1.43 bits per heavy atom. The summed E-state index contributed by atoms with van der Waals surface area (Å²) in [7, 11) is 0. The topological polar surface area (TPSA) is 67.6 Å². The van der Waals surface area contributed by atoms with Crippen molar-refractivity contribution in [1.29, 1.82) is 0 Å². The lowest BCUT2D eigenvalue weighted by molar-refractivity contribution is 0.0936. The summed E-state index contributed by atoms with van der Waals surface area (Å²) in [6.07, 6.45) is 2.50. The fourth-order valence-electron chi connectivity index (χ4n) is 2.69. The molecule has 5 heteroatoms. The van der Waals surface area contributed by atoms with Gasteiger partial charge in [0.05, 0.1) is 17.9 Å². The summed E-state index contributed by atoms with van der Waals surface area (Å²) in [5.41, 5.74) is 6.89. The molecule has 0 spiro atoms. The summed E-state index contributed by atoms with van der Waals surface area (Å²) < 4.78 is 5.50. The van der Waals surface area contributed by atoms with E-state index in [0.717, 1.165) is 13.1 Å². The van der Waals surface area contributed by atoms with Gasteiger partial charge in [-0.3, -0.25) is 9.69 Å². The number of rotatable bonds is 6. The maximum Gasteiger partial charge on any atom is 0.255 e. The van der Waals surface area contributed by atoms with Crippen molar-refractivity contribution in [2.75, 3.05) is 32.0 Å². The minimum absolute atomic E-state index is 0.128. The van der Waals surface area contributed by atoms with E-state index in [2.05, 4.69) is 17.1 Å². The minimum atomic E-state index is -0.128. The molecule has 1 saturated heterocycles. The average molecular weight is 291 g/mol.